The highest BCUT2D eigenvalue weighted by atomic mass is 79.9. The molecule has 1 heterocycles. The van der Waals surface area contributed by atoms with Gasteiger partial charge in [0.05, 0.1) is 18.8 Å². The number of rotatable bonds is 6. The average molecular weight is 381 g/mol. The molecule has 0 radical (unpaired) electrons. The zero-order chi connectivity index (χ0) is 15.9. The van der Waals surface area contributed by atoms with Crippen molar-refractivity contribution in [2.45, 2.75) is 75.0 Å². The number of halogens is 1. The number of hydrogen-bond acceptors (Lipinski definition) is 2. The Labute approximate surface area is 149 Å². The maximum Gasteiger partial charge on any atom is 0.0716 e. The Morgan fingerprint density at radius 1 is 1.04 bits per heavy atom. The average Bonchev–Trinajstić information content (AvgIpc) is 2.60. The Morgan fingerprint density at radius 3 is 2.61 bits per heavy atom. The highest BCUT2D eigenvalue weighted by Crippen LogP contribution is 2.36. The molecule has 0 spiro atoms. The quantitative estimate of drug-likeness (QED) is 0.480. The van der Waals surface area contributed by atoms with Crippen molar-refractivity contribution in [1.82, 2.24) is 0 Å². The number of alkyl halides is 1. The van der Waals surface area contributed by atoms with E-state index in [9.17, 15) is 0 Å². The second-order valence-electron chi connectivity index (χ2n) is 7.09. The molecule has 0 unspecified atom stereocenters. The molecule has 3 heteroatoms. The third-order valence-electron chi connectivity index (χ3n) is 5.25. The van der Waals surface area contributed by atoms with E-state index in [4.69, 9.17) is 9.47 Å². The minimum absolute atomic E-state index is 0.357. The molecule has 1 aromatic carbocycles. The summed E-state index contributed by atoms with van der Waals surface area (Å²) in [6, 6.07) is 10.4. The van der Waals surface area contributed by atoms with E-state index in [2.05, 4.69) is 40.2 Å². The Bertz CT molecular complexity index is 444. The first-order valence-corrected chi connectivity index (χ1v) is 10.1. The van der Waals surface area contributed by atoms with Gasteiger partial charge in [-0.2, -0.15) is 0 Å². The Hall–Kier alpha value is -0.380. The van der Waals surface area contributed by atoms with Crippen LogP contribution in [-0.4, -0.2) is 23.6 Å². The van der Waals surface area contributed by atoms with Crippen molar-refractivity contribution in [2.75, 3.05) is 6.61 Å². The van der Waals surface area contributed by atoms with E-state index in [0.717, 1.165) is 25.4 Å². The standard InChI is InChI=1S/C20H29BrO2/c21-18-13-19(11-12-22-15-16-7-3-1-4-8-16)23-20(14-18)17-9-5-2-6-10-17/h1,3-4,7-8,17-20H,2,5-6,9-15H2/t18-,19+,20+/m0/s1. The smallest absolute Gasteiger partial charge is 0.0716 e. The van der Waals surface area contributed by atoms with Crippen LogP contribution in [0.3, 0.4) is 0 Å². The summed E-state index contributed by atoms with van der Waals surface area (Å²) in [5.41, 5.74) is 1.25. The number of ether oxygens (including phenoxy) is 2. The van der Waals surface area contributed by atoms with Crippen LogP contribution in [0.15, 0.2) is 30.3 Å². The molecule has 128 valence electrons. The van der Waals surface area contributed by atoms with Crippen molar-refractivity contribution in [2.24, 2.45) is 5.92 Å². The van der Waals surface area contributed by atoms with Crippen LogP contribution in [0.2, 0.25) is 0 Å². The molecule has 1 aromatic rings. The fraction of sp³-hybridized carbons (Fsp3) is 0.700. The lowest BCUT2D eigenvalue weighted by Crippen LogP contribution is -2.39. The summed E-state index contributed by atoms with van der Waals surface area (Å²) in [7, 11) is 0. The lowest BCUT2D eigenvalue weighted by atomic mass is 9.82. The van der Waals surface area contributed by atoms with Crippen LogP contribution < -0.4 is 0 Å². The van der Waals surface area contributed by atoms with Crippen LogP contribution in [0.5, 0.6) is 0 Å². The van der Waals surface area contributed by atoms with E-state index in [1.54, 1.807) is 0 Å². The molecule has 0 N–H and O–H groups in total. The third-order valence-corrected chi connectivity index (χ3v) is 5.99. The lowest BCUT2D eigenvalue weighted by molar-refractivity contribution is -0.0907. The van der Waals surface area contributed by atoms with Crippen molar-refractivity contribution in [3.8, 4) is 0 Å². The van der Waals surface area contributed by atoms with Crippen molar-refractivity contribution in [3.63, 3.8) is 0 Å². The molecular weight excluding hydrogens is 352 g/mol. The van der Waals surface area contributed by atoms with Gasteiger partial charge in [0.15, 0.2) is 0 Å². The summed E-state index contributed by atoms with van der Waals surface area (Å²) >= 11 is 3.86. The molecule has 1 aliphatic carbocycles. The van der Waals surface area contributed by atoms with Gasteiger partial charge in [-0.3, -0.25) is 0 Å². The number of benzene rings is 1. The maximum atomic E-state index is 6.44. The summed E-state index contributed by atoms with van der Waals surface area (Å²) in [6.45, 7) is 1.49. The van der Waals surface area contributed by atoms with Gasteiger partial charge in [-0.15, -0.1) is 0 Å². The molecule has 0 bridgehead atoms. The summed E-state index contributed by atoms with van der Waals surface area (Å²) in [4.78, 5) is 0.613. The zero-order valence-corrected chi connectivity index (χ0v) is 15.5. The molecule has 2 nitrogen and oxygen atoms in total. The van der Waals surface area contributed by atoms with Crippen molar-refractivity contribution in [1.29, 1.82) is 0 Å². The van der Waals surface area contributed by atoms with Crippen LogP contribution in [0, 0.1) is 5.92 Å². The summed E-state index contributed by atoms with van der Waals surface area (Å²) < 4.78 is 12.3. The van der Waals surface area contributed by atoms with Gasteiger partial charge in [-0.1, -0.05) is 65.5 Å². The van der Waals surface area contributed by atoms with Gasteiger partial charge in [0.2, 0.25) is 0 Å². The van der Waals surface area contributed by atoms with E-state index >= 15 is 0 Å². The molecule has 23 heavy (non-hydrogen) atoms. The zero-order valence-electron chi connectivity index (χ0n) is 14.0. The van der Waals surface area contributed by atoms with E-state index in [0.29, 0.717) is 23.6 Å². The first-order chi connectivity index (χ1) is 11.3. The monoisotopic (exact) mass is 380 g/mol. The third kappa shape index (κ3) is 5.58. The number of hydrogen-bond donors (Lipinski definition) is 0. The van der Waals surface area contributed by atoms with E-state index in [-0.39, 0.29) is 0 Å². The topological polar surface area (TPSA) is 18.5 Å². The van der Waals surface area contributed by atoms with Gasteiger partial charge >= 0.3 is 0 Å². The molecule has 2 aliphatic rings. The van der Waals surface area contributed by atoms with Gasteiger partial charge in [-0.05, 0) is 43.6 Å². The minimum Gasteiger partial charge on any atom is -0.377 e. The van der Waals surface area contributed by atoms with Crippen molar-refractivity contribution in [3.05, 3.63) is 35.9 Å². The van der Waals surface area contributed by atoms with Gasteiger partial charge < -0.3 is 9.47 Å². The second-order valence-corrected chi connectivity index (χ2v) is 8.39. The summed E-state index contributed by atoms with van der Waals surface area (Å²) in [6.07, 6.45) is 11.1. The molecule has 1 saturated carbocycles. The Balaban J connectivity index is 1.40. The molecule has 1 saturated heterocycles. The van der Waals surface area contributed by atoms with Crippen LogP contribution in [0.1, 0.15) is 56.9 Å². The van der Waals surface area contributed by atoms with E-state index < -0.39 is 0 Å². The van der Waals surface area contributed by atoms with E-state index in [1.807, 2.05) is 6.07 Å². The lowest BCUT2D eigenvalue weighted by Gasteiger charge is -2.39. The molecule has 0 amide bonds. The Morgan fingerprint density at radius 2 is 1.83 bits per heavy atom. The van der Waals surface area contributed by atoms with Crippen LogP contribution in [-0.2, 0) is 16.1 Å². The maximum absolute atomic E-state index is 6.44. The highest BCUT2D eigenvalue weighted by Gasteiger charge is 2.33. The van der Waals surface area contributed by atoms with Crippen LogP contribution in [0.4, 0.5) is 0 Å². The van der Waals surface area contributed by atoms with Crippen LogP contribution >= 0.6 is 15.9 Å². The normalized spacial score (nSPS) is 29.5. The molecule has 2 fully saturated rings. The van der Waals surface area contributed by atoms with Gasteiger partial charge in [0, 0.05) is 11.4 Å². The SMILES string of the molecule is Br[C@H]1C[C@@H](CCOCc2ccccc2)O[C@@H](C2CCCCC2)C1. The molecule has 3 atom stereocenters. The fourth-order valence-electron chi connectivity index (χ4n) is 3.97. The predicted molar refractivity (Wildman–Crippen MR) is 97.9 cm³/mol. The molecule has 3 rings (SSSR count). The summed E-state index contributed by atoms with van der Waals surface area (Å²) in [5.74, 6) is 0.789. The largest absolute Gasteiger partial charge is 0.377 e. The Kier molecular flexibility index (Phi) is 6.97. The first-order valence-electron chi connectivity index (χ1n) is 9.22. The van der Waals surface area contributed by atoms with Gasteiger partial charge in [-0.25, -0.2) is 0 Å². The molecular formula is C20H29BrO2. The predicted octanol–water partition coefficient (Wildman–Crippen LogP) is 5.48. The van der Waals surface area contributed by atoms with Gasteiger partial charge in [0.25, 0.3) is 0 Å². The van der Waals surface area contributed by atoms with Gasteiger partial charge in [0.1, 0.15) is 0 Å². The summed E-state index contributed by atoms with van der Waals surface area (Å²) in [5, 5.41) is 0. The molecule has 0 aromatic heterocycles. The van der Waals surface area contributed by atoms with Crippen LogP contribution in [0.25, 0.3) is 0 Å². The second kappa shape index (κ2) is 9.19. The minimum atomic E-state index is 0.357. The first kappa shape index (κ1) is 17.4. The highest BCUT2D eigenvalue weighted by molar-refractivity contribution is 9.09. The fourth-order valence-corrected chi connectivity index (χ4v) is 4.75. The van der Waals surface area contributed by atoms with Crippen molar-refractivity contribution >= 4 is 15.9 Å². The van der Waals surface area contributed by atoms with E-state index in [1.165, 1.54) is 44.1 Å². The van der Waals surface area contributed by atoms with Crippen molar-refractivity contribution < 1.29 is 9.47 Å². The molecule has 1 aliphatic heterocycles.